The maximum atomic E-state index is 12.0. The fraction of sp³-hybridized carbons (Fsp3) is 0.364. The number of sulfonamides is 1. The monoisotopic (exact) mass is 341 g/mol. The number of nitrogens with one attached hydrogen (secondary N) is 1. The highest BCUT2D eigenvalue weighted by Gasteiger charge is 2.20. The fourth-order valence-corrected chi connectivity index (χ4v) is 3.32. The van der Waals surface area contributed by atoms with E-state index < -0.39 is 16.0 Å². The van der Waals surface area contributed by atoms with Gasteiger partial charge in [-0.2, -0.15) is 0 Å². The molecular weight excluding hydrogens is 329 g/mol. The Morgan fingerprint density at radius 2 is 2.00 bits per heavy atom. The maximum Gasteiger partial charge on any atom is 0.303 e. The molecule has 0 aromatic heterocycles. The number of halogens is 2. The molecule has 0 unspecified atom stereocenters. The fourth-order valence-electron chi connectivity index (χ4n) is 1.40. The number of aliphatic carboxylic acids is 1. The van der Waals surface area contributed by atoms with E-state index in [0.29, 0.717) is 0 Å². The molecule has 0 atom stereocenters. The van der Waals surface area contributed by atoms with Gasteiger partial charge < -0.3 is 9.84 Å². The summed E-state index contributed by atoms with van der Waals surface area (Å²) >= 11 is 11.7. The van der Waals surface area contributed by atoms with E-state index in [0.717, 1.165) is 0 Å². The van der Waals surface area contributed by atoms with E-state index in [9.17, 15) is 13.2 Å². The summed E-state index contributed by atoms with van der Waals surface area (Å²) in [6, 6.07) is 2.48. The summed E-state index contributed by atoms with van der Waals surface area (Å²) in [7, 11) is -2.47. The van der Waals surface area contributed by atoms with Crippen molar-refractivity contribution in [2.75, 3.05) is 13.7 Å². The molecule has 6 nitrogen and oxygen atoms in total. The smallest absolute Gasteiger partial charge is 0.303 e. The third-order valence-electron chi connectivity index (χ3n) is 2.36. The van der Waals surface area contributed by atoms with Crippen molar-refractivity contribution < 1.29 is 23.1 Å². The molecule has 1 aromatic carbocycles. The molecule has 9 heteroatoms. The van der Waals surface area contributed by atoms with Crippen LogP contribution in [0.3, 0.4) is 0 Å². The number of rotatable bonds is 7. The Balaban J connectivity index is 2.87. The lowest BCUT2D eigenvalue weighted by atomic mass is 10.3. The van der Waals surface area contributed by atoms with Gasteiger partial charge in [0.25, 0.3) is 0 Å². The van der Waals surface area contributed by atoms with E-state index >= 15 is 0 Å². The van der Waals surface area contributed by atoms with Crippen LogP contribution in [-0.2, 0) is 14.8 Å². The number of benzene rings is 1. The first-order valence-corrected chi connectivity index (χ1v) is 7.76. The van der Waals surface area contributed by atoms with Crippen molar-refractivity contribution in [3.8, 4) is 5.75 Å². The van der Waals surface area contributed by atoms with E-state index in [1.54, 1.807) is 0 Å². The Bertz CT molecular complexity index is 603. The predicted octanol–water partition coefficient (Wildman–Crippen LogP) is 2.15. The molecule has 0 heterocycles. The molecule has 0 aliphatic heterocycles. The first kappa shape index (κ1) is 17.0. The largest absolute Gasteiger partial charge is 0.495 e. The maximum absolute atomic E-state index is 12.0. The number of methoxy groups -OCH3 is 1. The summed E-state index contributed by atoms with van der Waals surface area (Å²) in [5, 5.41) is 8.55. The van der Waals surface area contributed by atoms with E-state index in [1.807, 2.05) is 0 Å². The molecule has 0 aliphatic carbocycles. The molecule has 1 aromatic rings. The van der Waals surface area contributed by atoms with Crippen molar-refractivity contribution in [3.05, 3.63) is 22.2 Å². The first-order chi connectivity index (χ1) is 9.27. The average molecular weight is 342 g/mol. The Morgan fingerprint density at radius 3 is 2.55 bits per heavy atom. The Labute approximate surface area is 126 Å². The summed E-state index contributed by atoms with van der Waals surface area (Å²) in [4.78, 5) is 10.2. The van der Waals surface area contributed by atoms with Crippen LogP contribution in [-0.4, -0.2) is 33.1 Å². The normalized spacial score (nSPS) is 11.3. The number of hydrogen-bond donors (Lipinski definition) is 2. The molecule has 2 N–H and O–H groups in total. The predicted molar refractivity (Wildman–Crippen MR) is 75.1 cm³/mol. The van der Waals surface area contributed by atoms with Crippen molar-refractivity contribution in [3.63, 3.8) is 0 Å². The van der Waals surface area contributed by atoms with Gasteiger partial charge >= 0.3 is 5.97 Å². The van der Waals surface area contributed by atoms with Crippen LogP contribution in [0, 0.1) is 0 Å². The number of carbonyl (C=O) groups is 1. The molecular formula is C11H13Cl2NO5S. The van der Waals surface area contributed by atoms with Gasteiger partial charge in [0.05, 0.1) is 17.2 Å². The highest BCUT2D eigenvalue weighted by atomic mass is 35.5. The van der Waals surface area contributed by atoms with Crippen LogP contribution < -0.4 is 9.46 Å². The Hall–Kier alpha value is -1.02. The minimum Gasteiger partial charge on any atom is -0.495 e. The number of hydrogen-bond acceptors (Lipinski definition) is 4. The van der Waals surface area contributed by atoms with Crippen molar-refractivity contribution in [2.24, 2.45) is 0 Å². The molecule has 112 valence electrons. The number of carboxylic acids is 1. The molecule has 20 heavy (non-hydrogen) atoms. The van der Waals surface area contributed by atoms with E-state index in [-0.39, 0.29) is 40.1 Å². The zero-order valence-electron chi connectivity index (χ0n) is 10.5. The molecule has 0 bridgehead atoms. The molecule has 0 saturated heterocycles. The van der Waals surface area contributed by atoms with Gasteiger partial charge in [-0.15, -0.1) is 0 Å². The number of carboxylic acid groups (broad SMARTS) is 1. The van der Waals surface area contributed by atoms with Crippen LogP contribution in [0.2, 0.25) is 10.0 Å². The summed E-state index contributed by atoms with van der Waals surface area (Å²) in [5.41, 5.74) is 0. The van der Waals surface area contributed by atoms with Crippen molar-refractivity contribution >= 4 is 39.2 Å². The van der Waals surface area contributed by atoms with Crippen LogP contribution in [0.5, 0.6) is 5.75 Å². The summed E-state index contributed by atoms with van der Waals surface area (Å²) in [5.74, 6) is -0.726. The van der Waals surface area contributed by atoms with Crippen LogP contribution in [0.25, 0.3) is 0 Å². The van der Waals surface area contributed by atoms with Gasteiger partial charge in [-0.3, -0.25) is 4.79 Å². The van der Waals surface area contributed by atoms with E-state index in [1.165, 1.54) is 19.2 Å². The second kappa shape index (κ2) is 7.12. The molecule has 0 radical (unpaired) electrons. The van der Waals surface area contributed by atoms with Crippen LogP contribution in [0.4, 0.5) is 0 Å². The van der Waals surface area contributed by atoms with Gasteiger partial charge in [0, 0.05) is 19.0 Å². The van der Waals surface area contributed by atoms with Crippen molar-refractivity contribution in [2.45, 2.75) is 17.7 Å². The third kappa shape index (κ3) is 4.52. The van der Waals surface area contributed by atoms with Crippen LogP contribution >= 0.6 is 23.2 Å². The van der Waals surface area contributed by atoms with E-state index in [2.05, 4.69) is 4.72 Å². The van der Waals surface area contributed by atoms with Crippen LogP contribution in [0.1, 0.15) is 12.8 Å². The zero-order valence-corrected chi connectivity index (χ0v) is 12.8. The minimum absolute atomic E-state index is 0.00535. The molecule has 0 fully saturated rings. The molecule has 0 aliphatic rings. The lowest BCUT2D eigenvalue weighted by Gasteiger charge is -2.10. The summed E-state index contributed by atoms with van der Waals surface area (Å²) < 4.78 is 31.2. The van der Waals surface area contributed by atoms with Gasteiger partial charge in [-0.05, 0) is 12.5 Å². The van der Waals surface area contributed by atoms with Gasteiger partial charge in [0.1, 0.15) is 10.6 Å². The first-order valence-electron chi connectivity index (χ1n) is 5.52. The lowest BCUT2D eigenvalue weighted by molar-refractivity contribution is -0.137. The van der Waals surface area contributed by atoms with Gasteiger partial charge in [-0.1, -0.05) is 23.2 Å². The quantitative estimate of drug-likeness (QED) is 0.741. The second-order valence-electron chi connectivity index (χ2n) is 3.81. The van der Waals surface area contributed by atoms with Gasteiger partial charge in [0.2, 0.25) is 10.0 Å². The van der Waals surface area contributed by atoms with Crippen molar-refractivity contribution in [1.29, 1.82) is 0 Å². The summed E-state index contributed by atoms with van der Waals surface area (Å²) in [6.45, 7) is -0.00535. The average Bonchev–Trinajstić information content (AvgIpc) is 2.36. The Morgan fingerprint density at radius 1 is 1.35 bits per heavy atom. The second-order valence-corrected chi connectivity index (χ2v) is 6.36. The topological polar surface area (TPSA) is 92.7 Å². The molecule has 0 spiro atoms. The Kier molecular flexibility index (Phi) is 6.07. The highest BCUT2D eigenvalue weighted by molar-refractivity contribution is 7.89. The van der Waals surface area contributed by atoms with Crippen molar-refractivity contribution in [1.82, 2.24) is 4.72 Å². The van der Waals surface area contributed by atoms with Gasteiger partial charge in [0.15, 0.2) is 0 Å². The SMILES string of the molecule is COc1cc(Cl)c(S(=O)(=O)NCCCC(=O)O)cc1Cl. The molecule has 0 amide bonds. The number of ether oxygens (including phenoxy) is 1. The minimum atomic E-state index is -3.85. The molecule has 1 rings (SSSR count). The highest BCUT2D eigenvalue weighted by Crippen LogP contribution is 2.33. The van der Waals surface area contributed by atoms with Gasteiger partial charge in [-0.25, -0.2) is 13.1 Å². The zero-order chi connectivity index (χ0) is 15.3. The molecule has 0 saturated carbocycles. The van der Waals surface area contributed by atoms with E-state index in [4.69, 9.17) is 33.0 Å². The third-order valence-corrected chi connectivity index (χ3v) is 4.58. The van der Waals surface area contributed by atoms with Crippen LogP contribution in [0.15, 0.2) is 17.0 Å². The summed E-state index contributed by atoms with van der Waals surface area (Å²) in [6.07, 6.45) is 0.0513. The lowest BCUT2D eigenvalue weighted by Crippen LogP contribution is -2.25. The standard InChI is InChI=1S/C11H13Cl2NO5S/c1-19-9-5-8(13)10(6-7(9)12)20(17,18)14-4-2-3-11(15)16/h5-6,14H,2-4H2,1H3,(H,15,16).